The Hall–Kier alpha value is -2.02. The SMILES string of the molecule is CC[C@@H]([NH2+]CCOC)c1nc2ccccc2c(=O)n1-c1ccc(Br)cc1. The van der Waals surface area contributed by atoms with Crippen molar-refractivity contribution in [1.82, 2.24) is 9.55 Å². The highest BCUT2D eigenvalue weighted by Crippen LogP contribution is 2.19. The first-order valence-electron chi connectivity index (χ1n) is 8.75. The standard InChI is InChI=1S/C20H22BrN3O2/c1-3-17(22-12-13-26-2)19-23-18-7-5-4-6-16(18)20(25)24(19)15-10-8-14(21)9-11-15/h4-11,17,22H,3,12-13H2,1-2H3/p+1/t17-/m1/s1. The second-order valence-electron chi connectivity index (χ2n) is 6.14. The number of fused-ring (bicyclic) bond motifs is 1. The van der Waals surface area contributed by atoms with Crippen molar-refractivity contribution in [2.75, 3.05) is 20.3 Å². The van der Waals surface area contributed by atoms with Crippen molar-refractivity contribution in [3.63, 3.8) is 0 Å². The Kier molecular flexibility index (Phi) is 6.19. The number of methoxy groups -OCH3 is 1. The number of ether oxygens (including phenoxy) is 1. The monoisotopic (exact) mass is 416 g/mol. The van der Waals surface area contributed by atoms with Crippen LogP contribution in [0.3, 0.4) is 0 Å². The molecule has 0 aliphatic rings. The second-order valence-corrected chi connectivity index (χ2v) is 7.05. The number of halogens is 1. The molecule has 5 nitrogen and oxygen atoms in total. The van der Waals surface area contributed by atoms with Gasteiger partial charge in [0.25, 0.3) is 5.56 Å². The maximum absolute atomic E-state index is 13.3. The van der Waals surface area contributed by atoms with E-state index in [1.165, 1.54) is 0 Å². The van der Waals surface area contributed by atoms with Gasteiger partial charge >= 0.3 is 0 Å². The van der Waals surface area contributed by atoms with Crippen LogP contribution in [0.15, 0.2) is 57.8 Å². The van der Waals surface area contributed by atoms with Gasteiger partial charge in [-0.1, -0.05) is 35.0 Å². The molecule has 2 aromatic carbocycles. The molecular formula is C20H23BrN3O2+. The number of aromatic nitrogens is 2. The van der Waals surface area contributed by atoms with Crippen molar-refractivity contribution in [1.29, 1.82) is 0 Å². The summed E-state index contributed by atoms with van der Waals surface area (Å²) in [6.07, 6.45) is 0.866. The van der Waals surface area contributed by atoms with Crippen LogP contribution in [0.5, 0.6) is 0 Å². The van der Waals surface area contributed by atoms with Crippen LogP contribution in [0, 0.1) is 0 Å². The van der Waals surface area contributed by atoms with Crippen LogP contribution >= 0.6 is 15.9 Å². The zero-order valence-electron chi connectivity index (χ0n) is 15.0. The van der Waals surface area contributed by atoms with E-state index in [2.05, 4.69) is 28.2 Å². The van der Waals surface area contributed by atoms with Crippen molar-refractivity contribution in [3.8, 4) is 5.69 Å². The summed E-state index contributed by atoms with van der Waals surface area (Å²) in [6, 6.07) is 15.4. The third-order valence-electron chi connectivity index (χ3n) is 4.43. The molecule has 0 amide bonds. The number of nitrogens with zero attached hydrogens (tertiary/aromatic N) is 2. The Morgan fingerprint density at radius 2 is 1.92 bits per heavy atom. The third-order valence-corrected chi connectivity index (χ3v) is 4.96. The molecule has 1 aromatic heterocycles. The third kappa shape index (κ3) is 3.87. The summed E-state index contributed by atoms with van der Waals surface area (Å²) in [4.78, 5) is 18.1. The summed E-state index contributed by atoms with van der Waals surface area (Å²) in [5.74, 6) is 0.773. The van der Waals surface area contributed by atoms with E-state index in [0.717, 1.165) is 34.5 Å². The molecule has 0 radical (unpaired) electrons. The lowest BCUT2D eigenvalue weighted by Gasteiger charge is -2.19. The fourth-order valence-electron chi connectivity index (χ4n) is 3.08. The summed E-state index contributed by atoms with van der Waals surface area (Å²) in [7, 11) is 1.70. The molecule has 1 heterocycles. The van der Waals surface area contributed by atoms with Gasteiger partial charge in [-0.15, -0.1) is 0 Å². The number of benzene rings is 2. The minimum atomic E-state index is -0.0356. The van der Waals surface area contributed by atoms with Crippen molar-refractivity contribution >= 4 is 26.8 Å². The molecule has 26 heavy (non-hydrogen) atoms. The first-order chi connectivity index (χ1) is 12.7. The van der Waals surface area contributed by atoms with Gasteiger partial charge in [0.1, 0.15) is 6.04 Å². The molecular weight excluding hydrogens is 394 g/mol. The Bertz CT molecular complexity index is 938. The van der Waals surface area contributed by atoms with E-state index in [4.69, 9.17) is 9.72 Å². The Labute approximate surface area is 161 Å². The van der Waals surface area contributed by atoms with E-state index in [0.29, 0.717) is 12.0 Å². The highest BCUT2D eigenvalue weighted by Gasteiger charge is 2.22. The van der Waals surface area contributed by atoms with Crippen LogP contribution in [0.25, 0.3) is 16.6 Å². The van der Waals surface area contributed by atoms with Gasteiger partial charge in [0.2, 0.25) is 0 Å². The molecule has 0 fully saturated rings. The minimum absolute atomic E-state index is 0.0356. The molecule has 0 unspecified atom stereocenters. The van der Waals surface area contributed by atoms with Gasteiger partial charge in [-0.2, -0.15) is 0 Å². The van der Waals surface area contributed by atoms with E-state index in [1.807, 2.05) is 48.5 Å². The van der Waals surface area contributed by atoms with Gasteiger partial charge in [0.05, 0.1) is 29.7 Å². The lowest BCUT2D eigenvalue weighted by molar-refractivity contribution is -0.698. The van der Waals surface area contributed by atoms with Gasteiger partial charge in [-0.05, 0) is 36.4 Å². The van der Waals surface area contributed by atoms with Gasteiger partial charge in [0.15, 0.2) is 5.82 Å². The quantitative estimate of drug-likeness (QED) is 0.602. The van der Waals surface area contributed by atoms with E-state index >= 15 is 0 Å². The normalized spacial score (nSPS) is 12.4. The molecule has 0 aliphatic carbocycles. The van der Waals surface area contributed by atoms with Crippen molar-refractivity contribution < 1.29 is 10.1 Å². The summed E-state index contributed by atoms with van der Waals surface area (Å²) < 4.78 is 7.89. The zero-order valence-corrected chi connectivity index (χ0v) is 16.6. The topological polar surface area (TPSA) is 60.7 Å². The summed E-state index contributed by atoms with van der Waals surface area (Å²) in [5, 5.41) is 2.82. The van der Waals surface area contributed by atoms with E-state index < -0.39 is 0 Å². The molecule has 0 spiro atoms. The van der Waals surface area contributed by atoms with Gasteiger partial charge < -0.3 is 10.1 Å². The van der Waals surface area contributed by atoms with Crippen molar-refractivity contribution in [2.24, 2.45) is 0 Å². The van der Waals surface area contributed by atoms with Crippen LogP contribution in [-0.4, -0.2) is 29.8 Å². The molecule has 6 heteroatoms. The van der Waals surface area contributed by atoms with Crippen LogP contribution in [0.1, 0.15) is 25.2 Å². The smallest absolute Gasteiger partial charge is 0.266 e. The molecule has 136 valence electrons. The molecule has 1 atom stereocenters. The predicted molar refractivity (Wildman–Crippen MR) is 107 cm³/mol. The molecule has 3 rings (SSSR count). The lowest BCUT2D eigenvalue weighted by atomic mass is 10.1. The summed E-state index contributed by atoms with van der Waals surface area (Å²) >= 11 is 3.46. The van der Waals surface area contributed by atoms with Crippen molar-refractivity contribution in [3.05, 3.63) is 69.2 Å². The van der Waals surface area contributed by atoms with Crippen molar-refractivity contribution in [2.45, 2.75) is 19.4 Å². The zero-order chi connectivity index (χ0) is 18.5. The molecule has 3 aromatic rings. The lowest BCUT2D eigenvalue weighted by Crippen LogP contribution is -2.86. The predicted octanol–water partition coefficient (Wildman–Crippen LogP) is 2.81. The molecule has 2 N–H and O–H groups in total. The minimum Gasteiger partial charge on any atom is -0.379 e. The number of hydrogen-bond acceptors (Lipinski definition) is 3. The van der Waals surface area contributed by atoms with Gasteiger partial charge in [-0.3, -0.25) is 9.36 Å². The van der Waals surface area contributed by atoms with E-state index in [1.54, 1.807) is 11.7 Å². The van der Waals surface area contributed by atoms with Gasteiger partial charge in [-0.25, -0.2) is 4.98 Å². The molecule has 0 bridgehead atoms. The maximum Gasteiger partial charge on any atom is 0.266 e. The second kappa shape index (κ2) is 8.58. The Balaban J connectivity index is 2.20. The number of quaternary nitrogens is 1. The molecule has 0 saturated carbocycles. The highest BCUT2D eigenvalue weighted by molar-refractivity contribution is 9.10. The van der Waals surface area contributed by atoms with Gasteiger partial charge in [0, 0.05) is 18.0 Å². The summed E-state index contributed by atoms with van der Waals surface area (Å²) in [5.41, 5.74) is 1.52. The number of hydrogen-bond donors (Lipinski definition) is 1. The fraction of sp³-hybridized carbons (Fsp3) is 0.300. The molecule has 0 aliphatic heterocycles. The first-order valence-corrected chi connectivity index (χ1v) is 9.55. The highest BCUT2D eigenvalue weighted by atomic mass is 79.9. The summed E-state index contributed by atoms with van der Waals surface area (Å²) in [6.45, 7) is 3.59. The van der Waals surface area contributed by atoms with E-state index in [9.17, 15) is 4.79 Å². The average Bonchev–Trinajstić information content (AvgIpc) is 2.66. The number of nitrogens with two attached hydrogens (primary N) is 1. The average molecular weight is 417 g/mol. The Morgan fingerprint density at radius 1 is 1.19 bits per heavy atom. The fourth-order valence-corrected chi connectivity index (χ4v) is 3.34. The van der Waals surface area contributed by atoms with Crippen LogP contribution < -0.4 is 10.9 Å². The largest absolute Gasteiger partial charge is 0.379 e. The number of para-hydroxylation sites is 1. The first kappa shape index (κ1) is 18.8. The van der Waals surface area contributed by atoms with Crippen LogP contribution in [-0.2, 0) is 4.74 Å². The Morgan fingerprint density at radius 3 is 2.62 bits per heavy atom. The molecule has 0 saturated heterocycles. The maximum atomic E-state index is 13.3. The van der Waals surface area contributed by atoms with Crippen LogP contribution in [0.4, 0.5) is 0 Å². The van der Waals surface area contributed by atoms with Crippen LogP contribution in [0.2, 0.25) is 0 Å². The number of rotatable bonds is 7. The van der Waals surface area contributed by atoms with E-state index in [-0.39, 0.29) is 11.6 Å².